The topological polar surface area (TPSA) is 43.1 Å². The molecule has 1 aromatic rings. The normalized spacial score (nSPS) is 12.5. The first kappa shape index (κ1) is 10.5. The number of primary amides is 1. The van der Waals surface area contributed by atoms with Gasteiger partial charge in [-0.2, -0.15) is 0 Å². The Hall–Kier alpha value is -0.540. The molecular formula is C9H9BrClNO. The maximum absolute atomic E-state index is 10.7. The standard InChI is InChI=1S/C9H9BrClNO/c10-7(9(12)13)5-6-3-1-2-4-8(6)11/h1-4,7H,5H2,(H2,12,13). The smallest absolute Gasteiger partial charge is 0.231 e. The van der Waals surface area contributed by atoms with Crippen molar-refractivity contribution in [2.75, 3.05) is 0 Å². The van der Waals surface area contributed by atoms with Gasteiger partial charge >= 0.3 is 0 Å². The molecule has 0 spiro atoms. The highest BCUT2D eigenvalue weighted by Crippen LogP contribution is 2.18. The Morgan fingerprint density at radius 2 is 2.15 bits per heavy atom. The largest absolute Gasteiger partial charge is 0.369 e. The second-order valence-electron chi connectivity index (χ2n) is 2.67. The molecular weight excluding hydrogens is 253 g/mol. The zero-order valence-corrected chi connectivity index (χ0v) is 9.18. The predicted octanol–water partition coefficient (Wildman–Crippen LogP) is 2.13. The molecule has 0 bridgehead atoms. The number of carbonyl (C=O) groups excluding carboxylic acids is 1. The zero-order chi connectivity index (χ0) is 9.84. The van der Waals surface area contributed by atoms with Gasteiger partial charge in [0.2, 0.25) is 5.91 Å². The van der Waals surface area contributed by atoms with Crippen LogP contribution in [-0.2, 0) is 11.2 Å². The highest BCUT2D eigenvalue weighted by molar-refractivity contribution is 9.10. The highest BCUT2D eigenvalue weighted by atomic mass is 79.9. The number of hydrogen-bond donors (Lipinski definition) is 1. The van der Waals surface area contributed by atoms with E-state index >= 15 is 0 Å². The number of nitrogens with two attached hydrogens (primary N) is 1. The molecule has 70 valence electrons. The van der Waals surface area contributed by atoms with Crippen LogP contribution in [0.2, 0.25) is 5.02 Å². The molecule has 0 aliphatic rings. The molecule has 1 unspecified atom stereocenters. The van der Waals surface area contributed by atoms with E-state index in [4.69, 9.17) is 17.3 Å². The molecule has 1 aromatic carbocycles. The molecule has 0 saturated carbocycles. The van der Waals surface area contributed by atoms with E-state index in [0.717, 1.165) is 5.56 Å². The van der Waals surface area contributed by atoms with E-state index < -0.39 is 0 Å². The minimum absolute atomic E-state index is 0.354. The lowest BCUT2D eigenvalue weighted by Crippen LogP contribution is -2.25. The summed E-state index contributed by atoms with van der Waals surface area (Å²) in [6.45, 7) is 0. The van der Waals surface area contributed by atoms with E-state index in [9.17, 15) is 4.79 Å². The summed E-state index contributed by atoms with van der Waals surface area (Å²) in [5, 5.41) is 0.660. The Kier molecular flexibility index (Phi) is 3.75. The van der Waals surface area contributed by atoms with Gasteiger partial charge in [0.1, 0.15) is 0 Å². The summed E-state index contributed by atoms with van der Waals surface area (Å²) in [6.07, 6.45) is 0.523. The van der Waals surface area contributed by atoms with Crippen LogP contribution < -0.4 is 5.73 Å². The molecule has 0 fully saturated rings. The average Bonchev–Trinajstić information content (AvgIpc) is 2.08. The van der Waals surface area contributed by atoms with E-state index in [1.54, 1.807) is 6.07 Å². The van der Waals surface area contributed by atoms with E-state index in [1.807, 2.05) is 18.2 Å². The van der Waals surface area contributed by atoms with E-state index in [-0.39, 0.29) is 10.7 Å². The van der Waals surface area contributed by atoms with Crippen molar-refractivity contribution in [1.29, 1.82) is 0 Å². The zero-order valence-electron chi connectivity index (χ0n) is 6.84. The second kappa shape index (κ2) is 4.63. The summed E-state index contributed by atoms with van der Waals surface area (Å²) in [7, 11) is 0. The van der Waals surface area contributed by atoms with Crippen LogP contribution in [0.3, 0.4) is 0 Å². The first-order chi connectivity index (χ1) is 6.11. The SMILES string of the molecule is NC(=O)C(Br)Cc1ccccc1Cl. The number of carbonyl (C=O) groups is 1. The third kappa shape index (κ3) is 3.01. The molecule has 1 amide bonds. The molecule has 0 heterocycles. The number of rotatable bonds is 3. The van der Waals surface area contributed by atoms with Gasteiger partial charge in [0.05, 0.1) is 4.83 Å². The highest BCUT2D eigenvalue weighted by Gasteiger charge is 2.12. The van der Waals surface area contributed by atoms with Gasteiger partial charge in [-0.3, -0.25) is 4.79 Å². The van der Waals surface area contributed by atoms with Crippen LogP contribution in [0.25, 0.3) is 0 Å². The summed E-state index contributed by atoms with van der Waals surface area (Å²) in [5.41, 5.74) is 6.03. The van der Waals surface area contributed by atoms with Crippen molar-refractivity contribution in [3.63, 3.8) is 0 Å². The van der Waals surface area contributed by atoms with Gasteiger partial charge in [0.15, 0.2) is 0 Å². The molecule has 0 aliphatic carbocycles. The van der Waals surface area contributed by atoms with Gasteiger partial charge < -0.3 is 5.73 Å². The summed E-state index contributed by atoms with van der Waals surface area (Å²) in [6, 6.07) is 7.39. The third-order valence-electron chi connectivity index (χ3n) is 1.67. The van der Waals surface area contributed by atoms with E-state index in [1.165, 1.54) is 0 Å². The molecule has 1 atom stereocenters. The second-order valence-corrected chi connectivity index (χ2v) is 4.18. The third-order valence-corrected chi connectivity index (χ3v) is 2.81. The van der Waals surface area contributed by atoms with Crippen LogP contribution in [0.4, 0.5) is 0 Å². The monoisotopic (exact) mass is 261 g/mol. The number of alkyl halides is 1. The minimum Gasteiger partial charge on any atom is -0.369 e. The van der Waals surface area contributed by atoms with Gasteiger partial charge in [0, 0.05) is 5.02 Å². The summed E-state index contributed by atoms with van der Waals surface area (Å²) in [4.78, 5) is 10.4. The van der Waals surface area contributed by atoms with Crippen LogP contribution in [0.15, 0.2) is 24.3 Å². The molecule has 1 rings (SSSR count). The lowest BCUT2D eigenvalue weighted by atomic mass is 10.1. The molecule has 4 heteroatoms. The lowest BCUT2D eigenvalue weighted by molar-refractivity contribution is -0.117. The fourth-order valence-corrected chi connectivity index (χ4v) is 1.52. The van der Waals surface area contributed by atoms with Crippen molar-refractivity contribution in [2.24, 2.45) is 5.73 Å². The van der Waals surface area contributed by atoms with Crippen LogP contribution in [-0.4, -0.2) is 10.7 Å². The number of benzene rings is 1. The Morgan fingerprint density at radius 1 is 1.54 bits per heavy atom. The Morgan fingerprint density at radius 3 is 2.69 bits per heavy atom. The van der Waals surface area contributed by atoms with Gasteiger partial charge in [0.25, 0.3) is 0 Å². The maximum Gasteiger partial charge on any atom is 0.231 e. The van der Waals surface area contributed by atoms with Crippen molar-refractivity contribution in [3.05, 3.63) is 34.9 Å². The average molecular weight is 263 g/mol. The van der Waals surface area contributed by atoms with Gasteiger partial charge in [-0.05, 0) is 18.1 Å². The van der Waals surface area contributed by atoms with Crippen LogP contribution >= 0.6 is 27.5 Å². The van der Waals surface area contributed by atoms with Crippen molar-refractivity contribution in [3.8, 4) is 0 Å². The van der Waals surface area contributed by atoms with Gasteiger partial charge in [-0.15, -0.1) is 0 Å². The molecule has 0 aliphatic heterocycles. The first-order valence-electron chi connectivity index (χ1n) is 3.78. The Bertz CT molecular complexity index is 316. The molecule has 13 heavy (non-hydrogen) atoms. The fraction of sp³-hybridized carbons (Fsp3) is 0.222. The lowest BCUT2D eigenvalue weighted by Gasteiger charge is -2.06. The number of halogens is 2. The number of hydrogen-bond acceptors (Lipinski definition) is 1. The number of amides is 1. The minimum atomic E-state index is -0.375. The molecule has 0 radical (unpaired) electrons. The van der Waals surface area contributed by atoms with E-state index in [0.29, 0.717) is 11.4 Å². The molecule has 0 saturated heterocycles. The van der Waals surface area contributed by atoms with Gasteiger partial charge in [-0.25, -0.2) is 0 Å². The molecule has 0 aromatic heterocycles. The molecule has 2 nitrogen and oxygen atoms in total. The van der Waals surface area contributed by atoms with Crippen LogP contribution in [0, 0.1) is 0 Å². The summed E-state index contributed by atoms with van der Waals surface area (Å²) >= 11 is 9.08. The van der Waals surface area contributed by atoms with Crippen LogP contribution in [0.1, 0.15) is 5.56 Å². The fourth-order valence-electron chi connectivity index (χ4n) is 0.958. The Labute approximate surface area is 90.2 Å². The summed E-state index contributed by atoms with van der Waals surface area (Å²) in [5.74, 6) is -0.375. The maximum atomic E-state index is 10.7. The van der Waals surface area contributed by atoms with Crippen molar-refractivity contribution in [2.45, 2.75) is 11.2 Å². The van der Waals surface area contributed by atoms with Crippen molar-refractivity contribution >= 4 is 33.4 Å². The predicted molar refractivity (Wildman–Crippen MR) is 57.1 cm³/mol. The van der Waals surface area contributed by atoms with E-state index in [2.05, 4.69) is 15.9 Å². The van der Waals surface area contributed by atoms with Crippen molar-refractivity contribution in [1.82, 2.24) is 0 Å². The first-order valence-corrected chi connectivity index (χ1v) is 5.07. The quantitative estimate of drug-likeness (QED) is 0.833. The van der Waals surface area contributed by atoms with Crippen molar-refractivity contribution < 1.29 is 4.79 Å². The van der Waals surface area contributed by atoms with Crippen LogP contribution in [0.5, 0.6) is 0 Å². The molecule has 2 N–H and O–H groups in total. The Balaban J connectivity index is 2.74. The van der Waals surface area contributed by atoms with Gasteiger partial charge in [-0.1, -0.05) is 45.7 Å². The summed E-state index contributed by atoms with van der Waals surface area (Å²) < 4.78 is 0.